The molecule has 0 bridgehead atoms. The van der Waals surface area contributed by atoms with Crippen LogP contribution in [0.3, 0.4) is 0 Å². The summed E-state index contributed by atoms with van der Waals surface area (Å²) in [7, 11) is -0.593. The minimum absolute atomic E-state index is 0.456. The largest absolute Gasteiger partial charge is 0.486 e. The zero-order valence-electron chi connectivity index (χ0n) is 15.7. The van der Waals surface area contributed by atoms with Gasteiger partial charge in [0.2, 0.25) is 0 Å². The normalized spacial score (nSPS) is 20.5. The molecule has 1 amide bonds. The van der Waals surface area contributed by atoms with Crippen molar-refractivity contribution in [3.63, 3.8) is 0 Å². The van der Waals surface area contributed by atoms with Gasteiger partial charge in [0, 0.05) is 0 Å². The van der Waals surface area contributed by atoms with Crippen LogP contribution in [0.2, 0.25) is 0 Å². The maximum absolute atomic E-state index is 12.3. The Hall–Kier alpha value is -1.53. The number of nitrogens with one attached hydrogen (secondary N) is 1. The second kappa shape index (κ2) is 6.41. The molecule has 6 heteroatoms. The number of amides is 1. The van der Waals surface area contributed by atoms with Gasteiger partial charge in [-0.25, -0.2) is 4.79 Å². The van der Waals surface area contributed by atoms with Gasteiger partial charge in [0.1, 0.15) is 5.60 Å². The molecule has 1 fully saturated rings. The quantitative estimate of drug-likeness (QED) is 0.853. The zero-order chi connectivity index (χ0) is 18.2. The lowest BCUT2D eigenvalue weighted by atomic mass is 9.74. The number of ether oxygens (including phenoxy) is 1. The molecule has 0 spiro atoms. The zero-order valence-corrected chi connectivity index (χ0v) is 15.7. The van der Waals surface area contributed by atoms with Crippen LogP contribution in [0.4, 0.5) is 4.79 Å². The first-order valence-corrected chi connectivity index (χ1v) is 8.31. The first kappa shape index (κ1) is 18.8. The molecule has 1 aromatic carbocycles. The van der Waals surface area contributed by atoms with Gasteiger partial charge in [-0.1, -0.05) is 30.3 Å². The van der Waals surface area contributed by atoms with Crippen LogP contribution < -0.4 is 5.32 Å². The van der Waals surface area contributed by atoms with Crippen LogP contribution in [0.15, 0.2) is 30.3 Å². The van der Waals surface area contributed by atoms with E-state index in [0.29, 0.717) is 0 Å². The summed E-state index contributed by atoms with van der Waals surface area (Å²) < 4.78 is 17.6. The van der Waals surface area contributed by atoms with E-state index in [0.717, 1.165) is 5.56 Å². The molecular formula is C18H28BNO4. The maximum atomic E-state index is 12.3. The summed E-state index contributed by atoms with van der Waals surface area (Å²) >= 11 is 0. The van der Waals surface area contributed by atoms with E-state index >= 15 is 0 Å². The number of alkyl carbamates (subject to hydrolysis) is 1. The molecule has 1 aliphatic rings. The Kier molecular flexibility index (Phi) is 5.02. The molecule has 24 heavy (non-hydrogen) atoms. The SMILES string of the molecule is CC(C)(C)OC(=O)N[C@@H](B1OC(C)(C)C(C)(C)O1)c1ccccc1. The standard InChI is InChI=1S/C18H28BNO4/c1-16(2,3)22-15(21)20-14(13-11-9-8-10-12-13)19-23-17(4,5)18(6,7)24-19/h8-12,14H,1-7H3,(H,20,21)/t14-/m1/s1. The van der Waals surface area contributed by atoms with Crippen molar-refractivity contribution < 1.29 is 18.8 Å². The highest BCUT2D eigenvalue weighted by Crippen LogP contribution is 2.40. The van der Waals surface area contributed by atoms with Crippen LogP contribution in [-0.4, -0.2) is 30.0 Å². The lowest BCUT2D eigenvalue weighted by Crippen LogP contribution is -2.43. The fourth-order valence-corrected chi connectivity index (χ4v) is 2.43. The van der Waals surface area contributed by atoms with Crippen molar-refractivity contribution in [2.24, 2.45) is 0 Å². The highest BCUT2D eigenvalue weighted by atomic mass is 16.7. The Bertz CT molecular complexity index is 564. The molecule has 0 saturated carbocycles. The molecule has 1 saturated heterocycles. The highest BCUT2D eigenvalue weighted by molar-refractivity contribution is 6.47. The van der Waals surface area contributed by atoms with Crippen LogP contribution in [0, 0.1) is 0 Å². The summed E-state index contributed by atoms with van der Waals surface area (Å²) in [5.41, 5.74) is -0.608. The number of carbonyl (C=O) groups is 1. The Balaban J connectivity index is 2.24. The van der Waals surface area contributed by atoms with Gasteiger partial charge < -0.3 is 19.4 Å². The molecule has 1 heterocycles. The summed E-state index contributed by atoms with van der Waals surface area (Å²) in [6.07, 6.45) is -0.494. The smallest absolute Gasteiger partial charge is 0.444 e. The summed E-state index contributed by atoms with van der Waals surface area (Å²) in [5.74, 6) is -0.456. The number of hydrogen-bond donors (Lipinski definition) is 1. The van der Waals surface area contributed by atoms with E-state index in [-0.39, 0.29) is 0 Å². The molecule has 0 radical (unpaired) electrons. The first-order chi connectivity index (χ1) is 10.9. The van der Waals surface area contributed by atoms with Crippen molar-refractivity contribution in [2.75, 3.05) is 0 Å². The molecule has 1 aromatic rings. The molecular weight excluding hydrogens is 305 g/mol. The summed E-state index contributed by atoms with van der Waals surface area (Å²) in [5, 5.41) is 2.90. The molecule has 0 aromatic heterocycles. The molecule has 1 aliphatic heterocycles. The molecule has 0 unspecified atom stereocenters. The van der Waals surface area contributed by atoms with Crippen LogP contribution in [-0.2, 0) is 14.0 Å². The van der Waals surface area contributed by atoms with E-state index in [4.69, 9.17) is 14.0 Å². The minimum Gasteiger partial charge on any atom is -0.444 e. The molecule has 1 atom stereocenters. The van der Waals surface area contributed by atoms with E-state index in [1.54, 1.807) is 0 Å². The van der Waals surface area contributed by atoms with E-state index in [2.05, 4.69) is 5.32 Å². The van der Waals surface area contributed by atoms with Gasteiger partial charge in [-0.15, -0.1) is 0 Å². The van der Waals surface area contributed by atoms with Gasteiger partial charge in [0.15, 0.2) is 0 Å². The Morgan fingerprint density at radius 2 is 1.58 bits per heavy atom. The molecule has 5 nitrogen and oxygen atoms in total. The van der Waals surface area contributed by atoms with E-state index in [9.17, 15) is 4.79 Å². The number of carbonyl (C=O) groups excluding carboxylic acids is 1. The fourth-order valence-electron chi connectivity index (χ4n) is 2.43. The Morgan fingerprint density at radius 1 is 1.08 bits per heavy atom. The van der Waals surface area contributed by atoms with Gasteiger partial charge in [-0.05, 0) is 54.0 Å². The maximum Gasteiger partial charge on any atom is 0.486 e. The highest BCUT2D eigenvalue weighted by Gasteiger charge is 2.54. The van der Waals surface area contributed by atoms with Crippen molar-refractivity contribution in [3.05, 3.63) is 35.9 Å². The van der Waals surface area contributed by atoms with Crippen molar-refractivity contribution in [1.29, 1.82) is 0 Å². The van der Waals surface area contributed by atoms with Crippen LogP contribution in [0.25, 0.3) is 0 Å². The average Bonchev–Trinajstić information content (AvgIpc) is 2.63. The summed E-state index contributed by atoms with van der Waals surface area (Å²) in [6.45, 7) is 13.5. The lowest BCUT2D eigenvalue weighted by Gasteiger charge is -2.32. The third-order valence-corrected chi connectivity index (χ3v) is 4.37. The Labute approximate surface area is 145 Å². The average molecular weight is 333 g/mol. The van der Waals surface area contributed by atoms with E-state index in [1.165, 1.54) is 0 Å². The van der Waals surface area contributed by atoms with Crippen molar-refractivity contribution in [2.45, 2.75) is 71.2 Å². The van der Waals surface area contributed by atoms with Crippen molar-refractivity contribution >= 4 is 13.2 Å². The lowest BCUT2D eigenvalue weighted by molar-refractivity contribution is 0.00578. The number of benzene rings is 1. The van der Waals surface area contributed by atoms with Gasteiger partial charge in [0.05, 0.1) is 17.1 Å². The second-order valence-corrected chi connectivity index (χ2v) is 8.16. The topological polar surface area (TPSA) is 56.8 Å². The van der Waals surface area contributed by atoms with Gasteiger partial charge in [-0.3, -0.25) is 0 Å². The molecule has 1 N–H and O–H groups in total. The monoisotopic (exact) mass is 333 g/mol. The van der Waals surface area contributed by atoms with Crippen LogP contribution >= 0.6 is 0 Å². The third-order valence-electron chi connectivity index (χ3n) is 4.37. The van der Waals surface area contributed by atoms with Crippen molar-refractivity contribution in [3.8, 4) is 0 Å². The minimum atomic E-state index is -0.593. The van der Waals surface area contributed by atoms with Gasteiger partial charge >= 0.3 is 13.2 Å². The predicted molar refractivity (Wildman–Crippen MR) is 94.6 cm³/mol. The summed E-state index contributed by atoms with van der Waals surface area (Å²) in [6, 6.07) is 9.65. The third kappa shape index (κ3) is 4.30. The molecule has 132 valence electrons. The van der Waals surface area contributed by atoms with E-state index < -0.39 is 36.0 Å². The summed E-state index contributed by atoms with van der Waals surface area (Å²) in [4.78, 5) is 12.3. The number of rotatable bonds is 3. The fraction of sp³-hybridized carbons (Fsp3) is 0.611. The predicted octanol–water partition coefficient (Wildman–Crippen LogP) is 3.88. The molecule has 0 aliphatic carbocycles. The van der Waals surface area contributed by atoms with Crippen LogP contribution in [0.5, 0.6) is 0 Å². The van der Waals surface area contributed by atoms with Gasteiger partial charge in [-0.2, -0.15) is 0 Å². The number of hydrogen-bond acceptors (Lipinski definition) is 4. The first-order valence-electron chi connectivity index (χ1n) is 8.31. The van der Waals surface area contributed by atoms with Crippen molar-refractivity contribution in [1.82, 2.24) is 5.32 Å². The molecule has 2 rings (SSSR count). The van der Waals surface area contributed by atoms with E-state index in [1.807, 2.05) is 78.8 Å². The van der Waals surface area contributed by atoms with Crippen LogP contribution in [0.1, 0.15) is 60.0 Å². The second-order valence-electron chi connectivity index (χ2n) is 8.16. The van der Waals surface area contributed by atoms with Gasteiger partial charge in [0.25, 0.3) is 0 Å². The Morgan fingerprint density at radius 3 is 2.04 bits per heavy atom.